The van der Waals surface area contributed by atoms with E-state index in [-0.39, 0.29) is 26.4 Å². The highest BCUT2D eigenvalue weighted by Gasteiger charge is 2.41. The van der Waals surface area contributed by atoms with Crippen LogP contribution in [0.4, 0.5) is 0 Å². The van der Waals surface area contributed by atoms with Gasteiger partial charge in [-0.15, -0.1) is 0 Å². The van der Waals surface area contributed by atoms with Crippen molar-refractivity contribution in [3.63, 3.8) is 0 Å². The molecular formula is C44H45ClO8. The lowest BCUT2D eigenvalue weighted by molar-refractivity contribution is -0.183. The summed E-state index contributed by atoms with van der Waals surface area (Å²) >= 11 is 6.65. The second-order valence-corrected chi connectivity index (χ2v) is 12.9. The van der Waals surface area contributed by atoms with Gasteiger partial charge in [0.25, 0.3) is 0 Å². The van der Waals surface area contributed by atoms with Gasteiger partial charge in [-0.25, -0.2) is 0 Å². The average Bonchev–Trinajstić information content (AvgIpc) is 3.17. The zero-order valence-corrected chi connectivity index (χ0v) is 30.7. The molecule has 1 N–H and O–H groups in total. The van der Waals surface area contributed by atoms with Gasteiger partial charge in [-0.05, 0) is 71.5 Å². The number of esters is 1. The zero-order chi connectivity index (χ0) is 37.4. The molecule has 53 heavy (non-hydrogen) atoms. The maximum absolute atomic E-state index is 14.5. The number of carbonyl (C=O) groups excluding carboxylic acids is 2. The van der Waals surface area contributed by atoms with Gasteiger partial charge in [0, 0.05) is 17.5 Å². The van der Waals surface area contributed by atoms with E-state index >= 15 is 0 Å². The predicted octanol–water partition coefficient (Wildman–Crippen LogP) is 8.19. The van der Waals surface area contributed by atoms with Crippen molar-refractivity contribution in [1.29, 1.82) is 0 Å². The van der Waals surface area contributed by atoms with Crippen molar-refractivity contribution in [2.45, 2.75) is 64.5 Å². The summed E-state index contributed by atoms with van der Waals surface area (Å²) < 4.78 is 30.0. The van der Waals surface area contributed by atoms with Crippen molar-refractivity contribution in [2.24, 2.45) is 0 Å². The largest absolute Gasteiger partial charge is 0.494 e. The summed E-state index contributed by atoms with van der Waals surface area (Å²) in [4.78, 5) is 27.0. The van der Waals surface area contributed by atoms with Crippen LogP contribution >= 0.6 is 11.6 Å². The molecule has 0 aliphatic heterocycles. The molecule has 5 rings (SSSR count). The number of Topliss-reactive ketones (excluding diaryl/α,β-unsaturated/α-hetero) is 1. The molecule has 0 saturated heterocycles. The van der Waals surface area contributed by atoms with Crippen LogP contribution < -0.4 is 4.74 Å². The monoisotopic (exact) mass is 736 g/mol. The molecule has 0 saturated carbocycles. The van der Waals surface area contributed by atoms with E-state index < -0.39 is 36.2 Å². The Balaban J connectivity index is 1.46. The summed E-state index contributed by atoms with van der Waals surface area (Å²) in [7, 11) is 0. The van der Waals surface area contributed by atoms with Gasteiger partial charge in [0.15, 0.2) is 11.9 Å². The van der Waals surface area contributed by atoms with Gasteiger partial charge in [-0.2, -0.15) is 0 Å². The molecule has 0 aliphatic carbocycles. The minimum Gasteiger partial charge on any atom is -0.494 e. The maximum Gasteiger partial charge on any atom is 0.303 e. The molecule has 0 amide bonds. The Labute approximate surface area is 316 Å². The van der Waals surface area contributed by atoms with Crippen molar-refractivity contribution in [3.05, 3.63) is 172 Å². The van der Waals surface area contributed by atoms with E-state index in [2.05, 4.69) is 0 Å². The lowest BCUT2D eigenvalue weighted by atomic mass is 9.94. The Hall–Kier alpha value is -4.83. The highest BCUT2D eigenvalue weighted by Crippen LogP contribution is 2.26. The molecule has 0 fully saturated rings. The SMILES string of the molecule is CCOc1ccc(Cc2cc(C(=O)[C@H](OCc3ccccc3)[C@@H](O)[C@H](OCc3ccccc3)[C@@H](COCc3ccccc3)OC(C)=O)ccc2Cl)cc1. The normalized spacial score (nSPS) is 13.4. The molecule has 0 spiro atoms. The molecule has 276 valence electrons. The standard InChI is InChI=1S/C44H45ClO8/c1-3-50-38-22-19-32(20-23-38)25-37-26-36(21-24-39(37)45)41(47)44(52-29-35-17-11-6-12-18-35)42(48)43(51-28-34-15-9-5-10-16-34)40(53-31(2)46)30-49-27-33-13-7-4-8-14-33/h4-24,26,40,42-44,48H,3,25,27-30H2,1-2H3/t40-,42+,43-,44+/m1/s1. The van der Waals surface area contributed by atoms with Crippen molar-refractivity contribution in [2.75, 3.05) is 13.2 Å². The van der Waals surface area contributed by atoms with Gasteiger partial charge >= 0.3 is 5.97 Å². The Bertz CT molecular complexity index is 1850. The Morgan fingerprint density at radius 2 is 1.26 bits per heavy atom. The van der Waals surface area contributed by atoms with Crippen LogP contribution in [0.5, 0.6) is 5.75 Å². The van der Waals surface area contributed by atoms with Crippen molar-refractivity contribution in [1.82, 2.24) is 0 Å². The van der Waals surface area contributed by atoms with Crippen LogP contribution in [0.1, 0.15) is 52.0 Å². The average molecular weight is 737 g/mol. The minimum absolute atomic E-state index is 0.0229. The van der Waals surface area contributed by atoms with Gasteiger partial charge in [0.2, 0.25) is 0 Å². The van der Waals surface area contributed by atoms with E-state index in [9.17, 15) is 14.7 Å². The molecule has 0 radical (unpaired) electrons. The summed E-state index contributed by atoms with van der Waals surface area (Å²) in [5.74, 6) is -0.318. The number of aliphatic hydroxyl groups excluding tert-OH is 1. The zero-order valence-electron chi connectivity index (χ0n) is 29.9. The summed E-state index contributed by atoms with van der Waals surface area (Å²) in [6.07, 6.45) is -4.88. The van der Waals surface area contributed by atoms with Crippen LogP contribution in [0.3, 0.4) is 0 Å². The third kappa shape index (κ3) is 12.1. The topological polar surface area (TPSA) is 101 Å². The molecule has 0 aromatic heterocycles. The molecule has 0 heterocycles. The fourth-order valence-electron chi connectivity index (χ4n) is 5.85. The van der Waals surface area contributed by atoms with Gasteiger partial charge in [0.1, 0.15) is 24.1 Å². The Kier molecular flexibility index (Phi) is 15.2. The number of rotatable bonds is 20. The quantitative estimate of drug-likeness (QED) is 0.0631. The highest BCUT2D eigenvalue weighted by atomic mass is 35.5. The molecule has 4 atom stereocenters. The van der Waals surface area contributed by atoms with Crippen LogP contribution in [-0.4, -0.2) is 54.5 Å². The van der Waals surface area contributed by atoms with Crippen LogP contribution in [0.2, 0.25) is 5.02 Å². The summed E-state index contributed by atoms with van der Waals surface area (Å²) in [5.41, 5.74) is 4.53. The third-order valence-corrected chi connectivity index (χ3v) is 8.87. The first-order chi connectivity index (χ1) is 25.8. The lowest BCUT2D eigenvalue weighted by Crippen LogP contribution is -2.52. The Morgan fingerprint density at radius 1 is 0.698 bits per heavy atom. The van der Waals surface area contributed by atoms with Crippen molar-refractivity contribution in [3.8, 4) is 5.75 Å². The second kappa shape index (κ2) is 20.4. The van der Waals surface area contributed by atoms with Gasteiger partial charge in [-0.1, -0.05) is 115 Å². The number of hydrogen-bond acceptors (Lipinski definition) is 8. The smallest absolute Gasteiger partial charge is 0.303 e. The van der Waals surface area contributed by atoms with Crippen LogP contribution in [0.15, 0.2) is 133 Å². The lowest BCUT2D eigenvalue weighted by Gasteiger charge is -2.34. The molecule has 9 heteroatoms. The first-order valence-corrected chi connectivity index (χ1v) is 18.0. The number of aliphatic hydroxyl groups is 1. The second-order valence-electron chi connectivity index (χ2n) is 12.5. The number of carbonyl (C=O) groups is 2. The van der Waals surface area contributed by atoms with E-state index in [1.807, 2.05) is 122 Å². The third-order valence-electron chi connectivity index (χ3n) is 8.50. The fourth-order valence-corrected chi connectivity index (χ4v) is 6.03. The van der Waals surface area contributed by atoms with Gasteiger partial charge < -0.3 is 28.8 Å². The maximum atomic E-state index is 14.5. The van der Waals surface area contributed by atoms with Crippen LogP contribution in [0, 0.1) is 0 Å². The molecule has 5 aromatic rings. The fraction of sp³-hybridized carbons (Fsp3) is 0.273. The number of hydrogen-bond donors (Lipinski definition) is 1. The predicted molar refractivity (Wildman–Crippen MR) is 204 cm³/mol. The van der Waals surface area contributed by atoms with E-state index in [0.717, 1.165) is 33.6 Å². The van der Waals surface area contributed by atoms with Gasteiger partial charge in [-0.3, -0.25) is 9.59 Å². The van der Waals surface area contributed by atoms with Crippen molar-refractivity contribution < 1.29 is 38.4 Å². The van der Waals surface area contributed by atoms with Crippen LogP contribution in [0.25, 0.3) is 0 Å². The summed E-state index contributed by atoms with van der Waals surface area (Å²) in [5, 5.41) is 12.7. The first kappa shape index (κ1) is 39.4. The van der Waals surface area contributed by atoms with E-state index in [1.165, 1.54) is 6.92 Å². The number of halogens is 1. The number of ether oxygens (including phenoxy) is 5. The molecule has 8 nitrogen and oxygen atoms in total. The molecule has 0 unspecified atom stereocenters. The van der Waals surface area contributed by atoms with Crippen molar-refractivity contribution >= 4 is 23.4 Å². The Morgan fingerprint density at radius 3 is 1.83 bits per heavy atom. The minimum atomic E-state index is -1.59. The number of ketones is 1. The number of benzene rings is 5. The van der Waals surface area contributed by atoms with Crippen LogP contribution in [-0.2, 0) is 50.0 Å². The molecule has 0 bridgehead atoms. The van der Waals surface area contributed by atoms with Gasteiger partial charge in [0.05, 0.1) is 33.0 Å². The first-order valence-electron chi connectivity index (χ1n) is 17.6. The summed E-state index contributed by atoms with van der Waals surface area (Å²) in [6.45, 7) is 3.97. The van der Waals surface area contributed by atoms with E-state index in [1.54, 1.807) is 18.2 Å². The molecule has 5 aromatic carbocycles. The van der Waals surface area contributed by atoms with E-state index in [4.69, 9.17) is 35.3 Å². The molecule has 0 aliphatic rings. The summed E-state index contributed by atoms with van der Waals surface area (Å²) in [6, 6.07) is 41.0. The highest BCUT2D eigenvalue weighted by molar-refractivity contribution is 6.31. The molecular weight excluding hydrogens is 692 g/mol. The van der Waals surface area contributed by atoms with E-state index in [0.29, 0.717) is 23.6 Å².